The quantitative estimate of drug-likeness (QED) is 0.163. The van der Waals surface area contributed by atoms with Crippen molar-refractivity contribution in [1.29, 1.82) is 0 Å². The number of anilines is 1. The van der Waals surface area contributed by atoms with Gasteiger partial charge in [-0.15, -0.1) is 0 Å². The van der Waals surface area contributed by atoms with Crippen molar-refractivity contribution in [3.8, 4) is 33.8 Å². The van der Waals surface area contributed by atoms with Crippen LogP contribution in [0.5, 0.6) is 11.5 Å². The molecule has 0 aromatic heterocycles. The van der Waals surface area contributed by atoms with Gasteiger partial charge in [-0.2, -0.15) is 0 Å². The fourth-order valence-electron chi connectivity index (χ4n) is 6.32. The monoisotopic (exact) mass is 646 g/mol. The molecule has 0 radical (unpaired) electrons. The highest BCUT2D eigenvalue weighted by Crippen LogP contribution is 2.56. The van der Waals surface area contributed by atoms with Gasteiger partial charge in [0.2, 0.25) is 5.54 Å². The van der Waals surface area contributed by atoms with Gasteiger partial charge in [-0.1, -0.05) is 91.8 Å². The Balaban J connectivity index is 1.82. The maximum Gasteiger partial charge on any atom is 0.257 e. The van der Waals surface area contributed by atoms with Crippen molar-refractivity contribution in [1.82, 2.24) is 0 Å². The molecule has 0 unspecified atom stereocenters. The van der Waals surface area contributed by atoms with E-state index in [-0.39, 0.29) is 10.8 Å². The number of hydrogen-bond acceptors (Lipinski definition) is 4. The van der Waals surface area contributed by atoms with E-state index in [1.54, 1.807) is 0 Å². The lowest BCUT2D eigenvalue weighted by atomic mass is 9.70. The molecule has 0 saturated heterocycles. The van der Waals surface area contributed by atoms with E-state index in [4.69, 9.17) is 4.74 Å². The molecule has 0 amide bonds. The Labute approximate surface area is 288 Å². The van der Waals surface area contributed by atoms with Crippen LogP contribution < -0.4 is 9.80 Å². The molecule has 48 heavy (non-hydrogen) atoms. The maximum absolute atomic E-state index is 13.3. The first kappa shape index (κ1) is 35.3. The van der Waals surface area contributed by atoms with Gasteiger partial charge in [0, 0.05) is 81.5 Å². The summed E-state index contributed by atoms with van der Waals surface area (Å²) in [6.45, 7) is 29.5. The Morgan fingerprint density at radius 3 is 1.54 bits per heavy atom. The van der Waals surface area contributed by atoms with Crippen LogP contribution in [-0.4, -0.2) is 15.8 Å². The van der Waals surface area contributed by atoms with Gasteiger partial charge in [-0.05, 0) is 78.1 Å². The van der Waals surface area contributed by atoms with E-state index >= 15 is 0 Å². The van der Waals surface area contributed by atoms with Gasteiger partial charge in [-0.25, -0.2) is 0 Å². The van der Waals surface area contributed by atoms with Crippen LogP contribution in [0.1, 0.15) is 119 Å². The van der Waals surface area contributed by atoms with Crippen LogP contribution in [-0.2, 0) is 16.2 Å². The molecule has 4 aromatic rings. The molecule has 5 heteroatoms. The minimum absolute atomic E-state index is 0.121. The number of nitroso groups, excluding NO2 is 1. The highest BCUT2D eigenvalue weighted by Gasteiger charge is 2.40. The van der Waals surface area contributed by atoms with Crippen LogP contribution in [0.25, 0.3) is 22.3 Å². The molecule has 0 bridgehead atoms. The number of nitrogens with zero attached hydrogens (tertiary/aromatic N) is 2. The lowest BCUT2D eigenvalue weighted by Crippen LogP contribution is -2.36. The van der Waals surface area contributed by atoms with Gasteiger partial charge in [0.15, 0.2) is 0 Å². The lowest BCUT2D eigenvalue weighted by molar-refractivity contribution is -0.540. The molecule has 0 spiro atoms. The van der Waals surface area contributed by atoms with E-state index in [1.807, 2.05) is 77.9 Å². The molecule has 5 rings (SSSR count). The molecule has 0 saturated carbocycles. The molecular weight excluding hydrogens is 592 g/mol. The standard InChI is InChI=1S/C43H54N2O3/c1-39(2,3)29-23-33(27-17-15-19-31(21-27)44(46)41(7,8)9)37-35(25-29)43(13,14)36-26-30(40(4,5)6)24-34(38(36)48-37)28-18-16-20-32(22-28)45(47)42(10,11)12/h15-26H,1-14H3. The zero-order chi connectivity index (χ0) is 35.8. The first-order valence-corrected chi connectivity index (χ1v) is 17.1. The third kappa shape index (κ3) is 6.54. The number of benzene rings is 4. The van der Waals surface area contributed by atoms with Crippen LogP contribution in [0, 0.1) is 10.1 Å². The first-order chi connectivity index (χ1) is 21.9. The molecular formula is C43H54N2O3. The first-order valence-electron chi connectivity index (χ1n) is 17.1. The normalized spacial score (nSPS) is 14.6. The summed E-state index contributed by atoms with van der Waals surface area (Å²) in [4.78, 5) is 13.3. The lowest BCUT2D eigenvalue weighted by Gasteiger charge is -2.43. The van der Waals surface area contributed by atoms with Gasteiger partial charge < -0.3 is 15.0 Å². The number of hydrogen-bond donors (Lipinski definition) is 0. The second-order valence-electron chi connectivity index (χ2n) is 18.1. The summed E-state index contributed by atoms with van der Waals surface area (Å²) in [5.74, 6) is 1.60. The van der Waals surface area contributed by atoms with Crippen molar-refractivity contribution in [2.75, 3.05) is 5.06 Å². The van der Waals surface area contributed by atoms with Crippen molar-refractivity contribution in [3.63, 3.8) is 0 Å². The zero-order valence-corrected chi connectivity index (χ0v) is 31.5. The zero-order valence-electron chi connectivity index (χ0n) is 31.5. The third-order valence-electron chi connectivity index (χ3n) is 9.46. The van der Waals surface area contributed by atoms with Crippen LogP contribution in [0.3, 0.4) is 0 Å². The molecule has 254 valence electrons. The number of rotatable bonds is 4. The summed E-state index contributed by atoms with van der Waals surface area (Å²) < 4.78 is 8.25. The van der Waals surface area contributed by atoms with Crippen molar-refractivity contribution in [2.45, 2.75) is 124 Å². The fourth-order valence-corrected chi connectivity index (χ4v) is 6.32. The van der Waals surface area contributed by atoms with Crippen LogP contribution >= 0.6 is 0 Å². The smallest absolute Gasteiger partial charge is 0.257 e. The number of fused-ring (bicyclic) bond motifs is 2. The Bertz CT molecular complexity index is 1890. The highest BCUT2D eigenvalue weighted by molar-refractivity contribution is 5.83. The Morgan fingerprint density at radius 2 is 1.10 bits per heavy atom. The predicted molar refractivity (Wildman–Crippen MR) is 202 cm³/mol. The Kier molecular flexibility index (Phi) is 8.53. The Hall–Kier alpha value is -3.96. The van der Waals surface area contributed by atoms with E-state index in [0.29, 0.717) is 11.4 Å². The van der Waals surface area contributed by atoms with Crippen molar-refractivity contribution in [3.05, 3.63) is 105 Å². The third-order valence-corrected chi connectivity index (χ3v) is 9.46. The van der Waals surface area contributed by atoms with Crippen molar-refractivity contribution in [2.24, 2.45) is 0 Å². The van der Waals surface area contributed by atoms with E-state index in [0.717, 1.165) is 54.7 Å². The minimum atomic E-state index is -0.580. The molecule has 0 atom stereocenters. The fraction of sp³-hybridized carbons (Fsp3) is 0.442. The number of hydroxylamine groups is 1. The SMILES string of the molecule is CC(C)(C)c1cc(-c2cccc(N([O-])C(C)(C)C)c2)c2c(c1)C(C)(C)c1cc(C(C)(C)C)cc(-c3cccc([N+](=O)C(C)(C)C)c3)c1O2. The number of ether oxygens (including phenoxy) is 1. The van der Waals surface area contributed by atoms with Gasteiger partial charge in [-0.3, -0.25) is 0 Å². The van der Waals surface area contributed by atoms with Gasteiger partial charge in [0.1, 0.15) is 11.5 Å². The molecule has 1 heterocycles. The van der Waals surface area contributed by atoms with E-state index in [1.165, 1.54) is 11.1 Å². The summed E-state index contributed by atoms with van der Waals surface area (Å²) in [6, 6.07) is 24.8. The van der Waals surface area contributed by atoms with Crippen LogP contribution in [0.15, 0.2) is 72.8 Å². The average Bonchev–Trinajstić information content (AvgIpc) is 2.97. The predicted octanol–water partition coefficient (Wildman–Crippen LogP) is 12.4. The molecule has 1 aliphatic heterocycles. The molecule has 0 fully saturated rings. The van der Waals surface area contributed by atoms with Gasteiger partial charge in [0.25, 0.3) is 5.69 Å². The molecule has 1 aliphatic rings. The van der Waals surface area contributed by atoms with Gasteiger partial charge in [0.05, 0.1) is 0 Å². The largest absolute Gasteiger partial charge is 0.758 e. The van der Waals surface area contributed by atoms with Crippen molar-refractivity contribution < 1.29 is 9.50 Å². The second-order valence-corrected chi connectivity index (χ2v) is 18.1. The average molecular weight is 647 g/mol. The highest BCUT2D eigenvalue weighted by atomic mass is 16.5. The Morgan fingerprint density at radius 1 is 0.646 bits per heavy atom. The second kappa shape index (κ2) is 11.6. The molecule has 5 nitrogen and oxygen atoms in total. The molecule has 0 N–H and O–H groups in total. The van der Waals surface area contributed by atoms with Crippen LogP contribution in [0.2, 0.25) is 0 Å². The van der Waals surface area contributed by atoms with Crippen molar-refractivity contribution >= 4 is 11.4 Å². The molecule has 0 aliphatic carbocycles. The summed E-state index contributed by atoms with van der Waals surface area (Å²) in [6.07, 6.45) is 0. The van der Waals surface area contributed by atoms with E-state index < -0.39 is 16.5 Å². The van der Waals surface area contributed by atoms with Crippen LogP contribution in [0.4, 0.5) is 11.4 Å². The van der Waals surface area contributed by atoms with Gasteiger partial charge >= 0.3 is 0 Å². The topological polar surface area (TPSA) is 55.6 Å². The summed E-state index contributed by atoms with van der Waals surface area (Å²) >= 11 is 0. The molecule has 4 aromatic carbocycles. The maximum atomic E-state index is 13.3. The van der Waals surface area contributed by atoms with E-state index in [2.05, 4.69) is 91.8 Å². The minimum Gasteiger partial charge on any atom is -0.758 e. The summed E-state index contributed by atoms with van der Waals surface area (Å²) in [5, 5.41) is 14.4. The summed E-state index contributed by atoms with van der Waals surface area (Å²) in [5.41, 5.74) is 7.81. The summed E-state index contributed by atoms with van der Waals surface area (Å²) in [7, 11) is 0. The van der Waals surface area contributed by atoms with E-state index in [9.17, 15) is 10.1 Å².